The molecule has 0 atom stereocenters. The third-order valence-electron chi connectivity index (χ3n) is 5.97. The van der Waals surface area contributed by atoms with Crippen LogP contribution in [0.2, 0.25) is 10.0 Å². The van der Waals surface area contributed by atoms with Crippen LogP contribution in [0.5, 0.6) is 17.5 Å². The first-order valence-corrected chi connectivity index (χ1v) is 12.1. The second-order valence-corrected chi connectivity index (χ2v) is 9.29. The van der Waals surface area contributed by atoms with Crippen molar-refractivity contribution < 1.29 is 9.47 Å². The molecule has 0 bridgehead atoms. The fourth-order valence-corrected chi connectivity index (χ4v) is 4.26. The van der Waals surface area contributed by atoms with Crippen molar-refractivity contribution in [1.82, 2.24) is 18.7 Å². The molecule has 0 saturated carbocycles. The first-order chi connectivity index (χ1) is 17.8. The first kappa shape index (κ1) is 24.7. The third kappa shape index (κ3) is 4.98. The van der Waals surface area contributed by atoms with E-state index in [1.165, 1.54) is 9.13 Å². The van der Waals surface area contributed by atoms with Gasteiger partial charge in [0.05, 0.1) is 20.2 Å². The van der Waals surface area contributed by atoms with E-state index in [1.54, 1.807) is 79.4 Å². The molecule has 0 spiro atoms. The number of aromatic nitrogens is 4. The van der Waals surface area contributed by atoms with Gasteiger partial charge >= 0.3 is 11.7 Å². The van der Waals surface area contributed by atoms with Gasteiger partial charge in [0.25, 0.3) is 5.56 Å². The van der Waals surface area contributed by atoms with Crippen molar-refractivity contribution in [1.29, 1.82) is 0 Å². The highest BCUT2D eigenvalue weighted by Gasteiger charge is 2.22. The number of ether oxygens (including phenoxy) is 2. The van der Waals surface area contributed by atoms with Gasteiger partial charge in [-0.05, 0) is 59.7 Å². The smallest absolute Gasteiger partial charge is 0.332 e. The number of hydrogen-bond donors (Lipinski definition) is 0. The van der Waals surface area contributed by atoms with E-state index in [0.29, 0.717) is 21.5 Å². The zero-order valence-corrected chi connectivity index (χ0v) is 21.5. The summed E-state index contributed by atoms with van der Waals surface area (Å²) in [4.78, 5) is 31.5. The monoisotopic (exact) mass is 536 g/mol. The van der Waals surface area contributed by atoms with E-state index in [2.05, 4.69) is 4.98 Å². The topological polar surface area (TPSA) is 80.3 Å². The van der Waals surface area contributed by atoms with Crippen LogP contribution in [0.25, 0.3) is 11.2 Å². The zero-order valence-electron chi connectivity index (χ0n) is 20.0. The summed E-state index contributed by atoms with van der Waals surface area (Å²) in [6.07, 6.45) is 0. The van der Waals surface area contributed by atoms with Crippen LogP contribution in [-0.2, 0) is 20.1 Å². The van der Waals surface area contributed by atoms with E-state index in [-0.39, 0.29) is 30.3 Å². The largest absolute Gasteiger partial charge is 0.497 e. The lowest BCUT2D eigenvalue weighted by Gasteiger charge is -2.12. The van der Waals surface area contributed by atoms with Gasteiger partial charge in [0.2, 0.25) is 0 Å². The lowest BCUT2D eigenvalue weighted by Crippen LogP contribution is -2.40. The van der Waals surface area contributed by atoms with Crippen molar-refractivity contribution in [3.05, 3.63) is 115 Å². The molecular weight excluding hydrogens is 515 g/mol. The average Bonchev–Trinajstić information content (AvgIpc) is 3.26. The zero-order chi connectivity index (χ0) is 26.1. The van der Waals surface area contributed by atoms with Crippen LogP contribution in [-0.4, -0.2) is 25.8 Å². The predicted octanol–water partition coefficient (Wildman–Crippen LogP) is 5.10. The molecule has 2 aromatic heterocycles. The SMILES string of the molecule is COc1ccc(Oc2nc3c(c(=O)n(Cc4ccc(Cl)cc4)c(=O)n3C)n2Cc2ccc(Cl)cc2)cc1. The minimum Gasteiger partial charge on any atom is -0.497 e. The van der Waals surface area contributed by atoms with Gasteiger partial charge in [-0.15, -0.1) is 0 Å². The minimum atomic E-state index is -0.486. The Morgan fingerprint density at radius 3 is 1.81 bits per heavy atom. The fraction of sp³-hybridized carbons (Fsp3) is 0.148. The quantitative estimate of drug-likeness (QED) is 0.289. The summed E-state index contributed by atoms with van der Waals surface area (Å²) in [5, 5.41) is 1.17. The van der Waals surface area contributed by atoms with Crippen molar-refractivity contribution in [3.63, 3.8) is 0 Å². The number of aryl methyl sites for hydroxylation is 1. The minimum absolute atomic E-state index is 0.0827. The molecule has 0 amide bonds. The van der Waals surface area contributed by atoms with Crippen LogP contribution in [0.15, 0.2) is 82.4 Å². The van der Waals surface area contributed by atoms with E-state index < -0.39 is 11.2 Å². The van der Waals surface area contributed by atoms with Gasteiger partial charge in [0, 0.05) is 17.1 Å². The van der Waals surface area contributed by atoms with Gasteiger partial charge in [0.1, 0.15) is 11.5 Å². The third-order valence-corrected chi connectivity index (χ3v) is 6.48. The van der Waals surface area contributed by atoms with E-state index in [0.717, 1.165) is 11.1 Å². The maximum atomic E-state index is 13.8. The van der Waals surface area contributed by atoms with Gasteiger partial charge < -0.3 is 9.47 Å². The molecule has 0 aliphatic heterocycles. The van der Waals surface area contributed by atoms with Gasteiger partial charge in [-0.2, -0.15) is 4.98 Å². The van der Waals surface area contributed by atoms with Gasteiger partial charge in [-0.3, -0.25) is 18.5 Å². The number of hydrogen-bond acceptors (Lipinski definition) is 5. The molecular formula is C27H22Cl2N4O4. The molecule has 0 fully saturated rings. The average molecular weight is 537 g/mol. The Labute approximate surface area is 221 Å². The molecule has 3 aromatic carbocycles. The summed E-state index contributed by atoms with van der Waals surface area (Å²) in [6, 6.07) is 21.4. The Morgan fingerprint density at radius 2 is 1.27 bits per heavy atom. The molecule has 5 aromatic rings. The van der Waals surface area contributed by atoms with Crippen molar-refractivity contribution in [2.24, 2.45) is 7.05 Å². The number of nitrogens with zero attached hydrogens (tertiary/aromatic N) is 4. The first-order valence-electron chi connectivity index (χ1n) is 11.3. The Hall–Kier alpha value is -4.01. The molecule has 0 N–H and O–H groups in total. The molecule has 0 saturated heterocycles. The number of benzene rings is 3. The molecule has 10 heteroatoms. The number of rotatable bonds is 7. The van der Waals surface area contributed by atoms with Crippen LogP contribution in [0.3, 0.4) is 0 Å². The highest BCUT2D eigenvalue weighted by molar-refractivity contribution is 6.30. The maximum absolute atomic E-state index is 13.8. The molecule has 188 valence electrons. The standard InChI is InChI=1S/C27H22Cl2N4O4/c1-31-24-23(25(34)33(27(31)35)16-18-5-9-20(29)10-6-18)32(15-17-3-7-19(28)8-4-17)26(30-24)37-22-13-11-21(36-2)12-14-22/h3-14H,15-16H2,1-2H3. The van der Waals surface area contributed by atoms with Gasteiger partial charge in [-0.25, -0.2) is 4.79 Å². The molecule has 0 aliphatic rings. The lowest BCUT2D eigenvalue weighted by molar-refractivity contribution is 0.406. The number of imidazole rings is 1. The maximum Gasteiger partial charge on any atom is 0.332 e. The lowest BCUT2D eigenvalue weighted by atomic mass is 10.2. The van der Waals surface area contributed by atoms with E-state index in [1.807, 2.05) is 12.1 Å². The van der Waals surface area contributed by atoms with Crippen molar-refractivity contribution >= 4 is 34.4 Å². The molecule has 37 heavy (non-hydrogen) atoms. The Bertz CT molecular complexity index is 1690. The van der Waals surface area contributed by atoms with Crippen molar-refractivity contribution in [2.75, 3.05) is 7.11 Å². The number of halogens is 2. The molecule has 2 heterocycles. The summed E-state index contributed by atoms with van der Waals surface area (Å²) in [7, 11) is 3.16. The Balaban J connectivity index is 1.67. The van der Waals surface area contributed by atoms with Crippen LogP contribution in [0, 0.1) is 0 Å². The fourth-order valence-electron chi connectivity index (χ4n) is 4.01. The summed E-state index contributed by atoms with van der Waals surface area (Å²) in [6.45, 7) is 0.354. The summed E-state index contributed by atoms with van der Waals surface area (Å²) in [5.41, 5.74) is 1.15. The van der Waals surface area contributed by atoms with Crippen LogP contribution >= 0.6 is 23.2 Å². The van der Waals surface area contributed by atoms with E-state index in [4.69, 9.17) is 32.7 Å². The normalized spacial score (nSPS) is 11.1. The molecule has 0 radical (unpaired) electrons. The van der Waals surface area contributed by atoms with Crippen LogP contribution in [0.4, 0.5) is 0 Å². The summed E-state index contributed by atoms with van der Waals surface area (Å²) >= 11 is 12.1. The van der Waals surface area contributed by atoms with Crippen molar-refractivity contribution in [3.8, 4) is 17.5 Å². The van der Waals surface area contributed by atoms with Gasteiger partial charge in [-0.1, -0.05) is 47.5 Å². The van der Waals surface area contributed by atoms with Crippen LogP contribution < -0.4 is 20.7 Å². The predicted molar refractivity (Wildman–Crippen MR) is 143 cm³/mol. The van der Waals surface area contributed by atoms with Crippen molar-refractivity contribution in [2.45, 2.75) is 13.1 Å². The second-order valence-electron chi connectivity index (χ2n) is 8.42. The number of fused-ring (bicyclic) bond motifs is 1. The Morgan fingerprint density at radius 1 is 0.757 bits per heavy atom. The second kappa shape index (κ2) is 10.2. The van der Waals surface area contributed by atoms with Crippen LogP contribution in [0.1, 0.15) is 11.1 Å². The highest BCUT2D eigenvalue weighted by atomic mass is 35.5. The van der Waals surface area contributed by atoms with Gasteiger partial charge in [0.15, 0.2) is 11.2 Å². The van der Waals surface area contributed by atoms with E-state index >= 15 is 0 Å². The molecule has 0 unspecified atom stereocenters. The molecule has 5 rings (SSSR count). The van der Waals surface area contributed by atoms with E-state index in [9.17, 15) is 9.59 Å². The summed E-state index contributed by atoms with van der Waals surface area (Å²) < 4.78 is 15.5. The number of methoxy groups -OCH3 is 1. The Kier molecular flexibility index (Phi) is 6.78. The molecule has 8 nitrogen and oxygen atoms in total. The highest BCUT2D eigenvalue weighted by Crippen LogP contribution is 2.27. The summed E-state index contributed by atoms with van der Waals surface area (Å²) in [5.74, 6) is 1.18. The molecule has 0 aliphatic carbocycles.